The fourth-order valence-corrected chi connectivity index (χ4v) is 2.45. The molecule has 1 amide bonds. The van der Waals surface area contributed by atoms with Crippen molar-refractivity contribution in [1.82, 2.24) is 15.2 Å². The third-order valence-corrected chi connectivity index (χ3v) is 3.70. The Labute approximate surface area is 134 Å². The zero-order chi connectivity index (χ0) is 16.2. The molecule has 3 heterocycles. The van der Waals surface area contributed by atoms with Gasteiger partial charge in [-0.2, -0.15) is 0 Å². The van der Waals surface area contributed by atoms with Crippen LogP contribution in [0.1, 0.15) is 26.8 Å². The summed E-state index contributed by atoms with van der Waals surface area (Å²) in [6.07, 6.45) is 5.05. The molecule has 0 atom stereocenters. The average molecular weight is 328 g/mol. The molecule has 0 aliphatic carbocycles. The van der Waals surface area contributed by atoms with Gasteiger partial charge in [0.1, 0.15) is 16.3 Å². The van der Waals surface area contributed by atoms with E-state index in [9.17, 15) is 9.59 Å². The van der Waals surface area contributed by atoms with Gasteiger partial charge in [0.2, 0.25) is 5.13 Å². The quantitative estimate of drug-likeness (QED) is 0.766. The lowest BCUT2D eigenvalue weighted by atomic mass is 10.2. The van der Waals surface area contributed by atoms with E-state index in [2.05, 4.69) is 20.5 Å². The van der Waals surface area contributed by atoms with E-state index in [0.29, 0.717) is 21.6 Å². The minimum Gasteiger partial charge on any atom is -0.465 e. The summed E-state index contributed by atoms with van der Waals surface area (Å²) in [6, 6.07) is 6.73. The van der Waals surface area contributed by atoms with Crippen LogP contribution in [-0.2, 0) is 0 Å². The number of rotatable bonds is 4. The van der Waals surface area contributed by atoms with Gasteiger partial charge in [0.25, 0.3) is 11.5 Å². The zero-order valence-electron chi connectivity index (χ0n) is 12.1. The monoisotopic (exact) mass is 328 g/mol. The Hall–Kier alpha value is -3.00. The summed E-state index contributed by atoms with van der Waals surface area (Å²) in [5, 5.41) is 11.3. The Morgan fingerprint density at radius 3 is 2.91 bits per heavy atom. The lowest BCUT2D eigenvalue weighted by molar-refractivity contribution is 0.102. The first-order chi connectivity index (χ1) is 11.1. The normalized spacial score (nSPS) is 11.0. The molecule has 0 fully saturated rings. The number of amides is 1. The Kier molecular flexibility index (Phi) is 4.15. The number of carbonyl (C=O) groups excluding carboxylic acids is 1. The van der Waals surface area contributed by atoms with Crippen molar-refractivity contribution in [2.45, 2.75) is 6.92 Å². The maximum Gasteiger partial charge on any atom is 0.263 e. The highest BCUT2D eigenvalue weighted by atomic mass is 32.1. The maximum absolute atomic E-state index is 12.1. The van der Waals surface area contributed by atoms with Crippen LogP contribution in [0.3, 0.4) is 0 Å². The number of anilines is 1. The first-order valence-corrected chi connectivity index (χ1v) is 7.50. The fourth-order valence-electron chi connectivity index (χ4n) is 1.81. The molecule has 3 aromatic rings. The molecule has 2 N–H and O–H groups in total. The molecule has 8 heteroatoms. The number of aromatic amines is 1. The van der Waals surface area contributed by atoms with Crippen molar-refractivity contribution in [1.29, 1.82) is 0 Å². The molecule has 3 aromatic heterocycles. The van der Waals surface area contributed by atoms with E-state index in [1.54, 1.807) is 37.5 Å². The number of hydrogen-bond acceptors (Lipinski definition) is 6. The molecule has 0 aliphatic heterocycles. The van der Waals surface area contributed by atoms with Gasteiger partial charge in [-0.1, -0.05) is 11.3 Å². The fraction of sp³-hybridized carbons (Fsp3) is 0.0667. The lowest BCUT2D eigenvalue weighted by Gasteiger charge is -2.00. The Balaban J connectivity index is 1.71. The predicted octanol–water partition coefficient (Wildman–Crippen LogP) is 2.55. The zero-order valence-corrected chi connectivity index (χ0v) is 12.9. The molecule has 7 nitrogen and oxygen atoms in total. The molecule has 0 spiro atoms. The van der Waals surface area contributed by atoms with Gasteiger partial charge < -0.3 is 9.40 Å². The van der Waals surface area contributed by atoms with Gasteiger partial charge in [-0.15, -0.1) is 10.2 Å². The third-order valence-electron chi connectivity index (χ3n) is 2.89. The summed E-state index contributed by atoms with van der Waals surface area (Å²) in [5.41, 5.74) is 0.274. The average Bonchev–Trinajstić information content (AvgIpc) is 3.16. The highest BCUT2D eigenvalue weighted by Gasteiger charge is 2.13. The van der Waals surface area contributed by atoms with Gasteiger partial charge in [-0.25, -0.2) is 0 Å². The minimum absolute atomic E-state index is 0.0264. The van der Waals surface area contributed by atoms with Crippen LogP contribution in [0.2, 0.25) is 0 Å². The van der Waals surface area contributed by atoms with Gasteiger partial charge in [-0.05, 0) is 43.3 Å². The van der Waals surface area contributed by atoms with Crippen molar-refractivity contribution < 1.29 is 9.21 Å². The molecular weight excluding hydrogens is 316 g/mol. The van der Waals surface area contributed by atoms with Crippen molar-refractivity contribution in [2.75, 3.05) is 5.32 Å². The lowest BCUT2D eigenvalue weighted by Crippen LogP contribution is -2.23. The summed E-state index contributed by atoms with van der Waals surface area (Å²) in [5.74, 6) is 0.168. The van der Waals surface area contributed by atoms with Gasteiger partial charge in [0.15, 0.2) is 0 Å². The smallest absolute Gasteiger partial charge is 0.263 e. The maximum atomic E-state index is 12.1. The number of nitrogens with one attached hydrogen (secondary N) is 2. The van der Waals surface area contributed by atoms with E-state index in [-0.39, 0.29) is 5.56 Å². The number of nitrogens with zero attached hydrogens (tertiary/aromatic N) is 2. The van der Waals surface area contributed by atoms with Crippen LogP contribution in [-0.4, -0.2) is 21.1 Å². The number of aryl methyl sites for hydroxylation is 1. The number of aromatic nitrogens is 3. The van der Waals surface area contributed by atoms with Gasteiger partial charge in [0.05, 0.1) is 6.26 Å². The molecule has 116 valence electrons. The van der Waals surface area contributed by atoms with E-state index in [1.807, 2.05) is 6.07 Å². The molecule has 0 aliphatic rings. The molecule has 0 unspecified atom stereocenters. The first-order valence-electron chi connectivity index (χ1n) is 6.68. The summed E-state index contributed by atoms with van der Waals surface area (Å²) in [7, 11) is 0. The second-order valence-electron chi connectivity index (χ2n) is 4.63. The van der Waals surface area contributed by atoms with Crippen molar-refractivity contribution >= 4 is 34.5 Å². The Morgan fingerprint density at radius 2 is 2.17 bits per heavy atom. The molecule has 0 saturated carbocycles. The molecular formula is C15H12N4O3S. The van der Waals surface area contributed by atoms with E-state index < -0.39 is 11.5 Å². The number of hydrogen-bond donors (Lipinski definition) is 2. The van der Waals surface area contributed by atoms with Crippen LogP contribution in [0, 0.1) is 6.92 Å². The van der Waals surface area contributed by atoms with Crippen molar-refractivity contribution in [2.24, 2.45) is 0 Å². The van der Waals surface area contributed by atoms with Crippen LogP contribution < -0.4 is 10.9 Å². The Bertz CT molecular complexity index is 909. The molecule has 0 bridgehead atoms. The molecule has 3 rings (SSSR count). The first kappa shape index (κ1) is 14.9. The van der Waals surface area contributed by atoms with Crippen molar-refractivity contribution in [3.05, 3.63) is 62.9 Å². The summed E-state index contributed by atoms with van der Waals surface area (Å²) in [4.78, 5) is 26.4. The van der Waals surface area contributed by atoms with Crippen LogP contribution in [0.25, 0.3) is 12.2 Å². The van der Waals surface area contributed by atoms with Crippen LogP contribution in [0.4, 0.5) is 5.13 Å². The van der Waals surface area contributed by atoms with Gasteiger partial charge >= 0.3 is 0 Å². The highest BCUT2D eigenvalue weighted by Crippen LogP contribution is 2.18. The second kappa shape index (κ2) is 6.41. The molecule has 0 saturated heterocycles. The third kappa shape index (κ3) is 3.61. The van der Waals surface area contributed by atoms with Gasteiger partial charge in [-0.3, -0.25) is 14.9 Å². The van der Waals surface area contributed by atoms with Gasteiger partial charge in [0, 0.05) is 5.69 Å². The number of H-pyrrole nitrogens is 1. The highest BCUT2D eigenvalue weighted by molar-refractivity contribution is 7.16. The SMILES string of the molecule is Cc1ccc(C(=O)Nc2nnc(C=Cc3ccco3)s2)c(=O)[nH]1. The standard InChI is InChI=1S/C15H12N4O3S/c1-9-4-6-11(13(20)16-9)14(21)17-15-19-18-12(23-15)7-5-10-3-2-8-22-10/h2-8H,1H3,(H,16,20)(H,17,19,21). The predicted molar refractivity (Wildman–Crippen MR) is 87.3 cm³/mol. The molecule has 0 aromatic carbocycles. The van der Waals surface area contributed by atoms with E-state index in [0.717, 1.165) is 0 Å². The van der Waals surface area contributed by atoms with Crippen LogP contribution >= 0.6 is 11.3 Å². The number of furan rings is 1. The molecule has 0 radical (unpaired) electrons. The largest absolute Gasteiger partial charge is 0.465 e. The minimum atomic E-state index is -0.524. The summed E-state index contributed by atoms with van der Waals surface area (Å²) in [6.45, 7) is 1.74. The number of pyridine rings is 1. The van der Waals surface area contributed by atoms with Crippen molar-refractivity contribution in [3.63, 3.8) is 0 Å². The topological polar surface area (TPSA) is 101 Å². The van der Waals surface area contributed by atoms with E-state index >= 15 is 0 Å². The van der Waals surface area contributed by atoms with Crippen LogP contribution in [0.5, 0.6) is 0 Å². The molecule has 23 heavy (non-hydrogen) atoms. The van der Waals surface area contributed by atoms with E-state index in [4.69, 9.17) is 4.42 Å². The van der Waals surface area contributed by atoms with Crippen LogP contribution in [0.15, 0.2) is 39.7 Å². The van der Waals surface area contributed by atoms with E-state index in [1.165, 1.54) is 17.4 Å². The van der Waals surface area contributed by atoms with Crippen molar-refractivity contribution in [3.8, 4) is 0 Å². The second-order valence-corrected chi connectivity index (χ2v) is 5.64. The number of carbonyl (C=O) groups is 1. The summed E-state index contributed by atoms with van der Waals surface area (Å²) >= 11 is 1.19. The summed E-state index contributed by atoms with van der Waals surface area (Å²) < 4.78 is 5.17. The Morgan fingerprint density at radius 1 is 1.30 bits per heavy atom.